The van der Waals surface area contributed by atoms with Crippen molar-refractivity contribution in [1.82, 2.24) is 0 Å². The van der Waals surface area contributed by atoms with E-state index in [1.54, 1.807) is 37.4 Å². The number of alkyl halides is 2. The number of hydrogen-bond acceptors (Lipinski definition) is 4. The molecule has 0 saturated heterocycles. The SMILES string of the molecule is COc1ccc(C(=O)/C=C/c2ccc(OC)c(OC(F)F)c2)cc1. The summed E-state index contributed by atoms with van der Waals surface area (Å²) in [6, 6.07) is 11.2. The van der Waals surface area contributed by atoms with Crippen molar-refractivity contribution >= 4 is 11.9 Å². The Kier molecular flexibility index (Phi) is 5.89. The summed E-state index contributed by atoms with van der Waals surface area (Å²) in [6.45, 7) is -2.96. The standard InChI is InChI=1S/C18H16F2O4/c1-22-14-7-5-13(6-8-14)15(21)9-3-12-4-10-16(23-2)17(11-12)24-18(19)20/h3-11,18H,1-2H3/b9-3+. The van der Waals surface area contributed by atoms with Crippen molar-refractivity contribution in [3.63, 3.8) is 0 Å². The van der Waals surface area contributed by atoms with Crippen LogP contribution in [0.5, 0.6) is 17.2 Å². The van der Waals surface area contributed by atoms with E-state index in [1.165, 1.54) is 31.4 Å². The number of ketones is 1. The summed E-state index contributed by atoms with van der Waals surface area (Å²) in [7, 11) is 2.90. The first kappa shape index (κ1) is 17.5. The molecule has 0 amide bonds. The minimum Gasteiger partial charge on any atom is -0.497 e. The van der Waals surface area contributed by atoms with Gasteiger partial charge in [-0.15, -0.1) is 0 Å². The summed E-state index contributed by atoms with van der Waals surface area (Å²) in [5, 5.41) is 0. The zero-order chi connectivity index (χ0) is 17.5. The van der Waals surface area contributed by atoms with Crippen LogP contribution in [0.4, 0.5) is 8.78 Å². The third-order valence-electron chi connectivity index (χ3n) is 3.21. The molecule has 0 bridgehead atoms. The van der Waals surface area contributed by atoms with Crippen molar-refractivity contribution in [3.8, 4) is 17.2 Å². The molecule has 0 spiro atoms. The van der Waals surface area contributed by atoms with Gasteiger partial charge in [-0.25, -0.2) is 0 Å². The fourth-order valence-corrected chi connectivity index (χ4v) is 2.01. The van der Waals surface area contributed by atoms with Crippen LogP contribution < -0.4 is 14.2 Å². The Hall–Kier alpha value is -2.89. The van der Waals surface area contributed by atoms with E-state index in [0.29, 0.717) is 16.9 Å². The monoisotopic (exact) mass is 334 g/mol. The molecule has 0 aliphatic rings. The maximum atomic E-state index is 12.4. The van der Waals surface area contributed by atoms with Crippen LogP contribution in [0.1, 0.15) is 15.9 Å². The smallest absolute Gasteiger partial charge is 0.387 e. The summed E-state index contributed by atoms with van der Waals surface area (Å²) >= 11 is 0. The molecular formula is C18H16F2O4. The van der Waals surface area contributed by atoms with Crippen molar-refractivity contribution in [3.05, 3.63) is 59.7 Å². The van der Waals surface area contributed by atoms with Crippen LogP contribution in [0.15, 0.2) is 48.5 Å². The highest BCUT2D eigenvalue weighted by Gasteiger charge is 2.10. The van der Waals surface area contributed by atoms with E-state index in [-0.39, 0.29) is 17.3 Å². The minimum absolute atomic E-state index is 0.0912. The Bertz CT molecular complexity index is 724. The van der Waals surface area contributed by atoms with E-state index in [4.69, 9.17) is 9.47 Å². The van der Waals surface area contributed by atoms with Gasteiger partial charge in [0.05, 0.1) is 14.2 Å². The molecule has 4 nitrogen and oxygen atoms in total. The second-order valence-corrected chi connectivity index (χ2v) is 4.71. The van der Waals surface area contributed by atoms with E-state index < -0.39 is 6.61 Å². The van der Waals surface area contributed by atoms with Gasteiger partial charge in [-0.3, -0.25) is 4.79 Å². The van der Waals surface area contributed by atoms with Crippen LogP contribution in [0.3, 0.4) is 0 Å². The fraction of sp³-hybridized carbons (Fsp3) is 0.167. The number of allylic oxidation sites excluding steroid dienone is 1. The number of carbonyl (C=O) groups excluding carboxylic acids is 1. The van der Waals surface area contributed by atoms with Gasteiger partial charge in [0.1, 0.15) is 5.75 Å². The zero-order valence-electron chi connectivity index (χ0n) is 13.2. The van der Waals surface area contributed by atoms with Gasteiger partial charge in [-0.05, 0) is 48.0 Å². The van der Waals surface area contributed by atoms with Crippen molar-refractivity contribution in [1.29, 1.82) is 0 Å². The van der Waals surface area contributed by atoms with E-state index in [0.717, 1.165) is 0 Å². The Morgan fingerprint density at radius 1 is 1.00 bits per heavy atom. The second-order valence-electron chi connectivity index (χ2n) is 4.71. The number of carbonyl (C=O) groups is 1. The van der Waals surface area contributed by atoms with Gasteiger partial charge in [0, 0.05) is 5.56 Å². The molecule has 0 aliphatic carbocycles. The molecule has 0 heterocycles. The first-order chi connectivity index (χ1) is 11.5. The molecule has 0 unspecified atom stereocenters. The highest BCUT2D eigenvalue weighted by molar-refractivity contribution is 6.06. The molecule has 0 atom stereocenters. The van der Waals surface area contributed by atoms with E-state index >= 15 is 0 Å². The van der Waals surface area contributed by atoms with Crippen molar-refractivity contribution < 1.29 is 27.8 Å². The Balaban J connectivity index is 2.16. The van der Waals surface area contributed by atoms with Gasteiger partial charge in [0.2, 0.25) is 0 Å². The van der Waals surface area contributed by atoms with E-state index in [2.05, 4.69) is 4.74 Å². The molecule has 0 N–H and O–H groups in total. The van der Waals surface area contributed by atoms with Gasteiger partial charge < -0.3 is 14.2 Å². The maximum Gasteiger partial charge on any atom is 0.387 e. The first-order valence-corrected chi connectivity index (χ1v) is 7.03. The highest BCUT2D eigenvalue weighted by Crippen LogP contribution is 2.30. The fourth-order valence-electron chi connectivity index (χ4n) is 2.01. The average Bonchev–Trinajstić information content (AvgIpc) is 2.59. The van der Waals surface area contributed by atoms with Crippen LogP contribution in [0.2, 0.25) is 0 Å². The largest absolute Gasteiger partial charge is 0.497 e. The number of hydrogen-bond donors (Lipinski definition) is 0. The van der Waals surface area contributed by atoms with Gasteiger partial charge in [0.25, 0.3) is 0 Å². The summed E-state index contributed by atoms with van der Waals surface area (Å²) in [5.41, 5.74) is 1.03. The zero-order valence-corrected chi connectivity index (χ0v) is 13.2. The maximum absolute atomic E-state index is 12.4. The topological polar surface area (TPSA) is 44.8 Å². The normalized spacial score (nSPS) is 10.9. The molecule has 2 aromatic carbocycles. The molecule has 0 aromatic heterocycles. The lowest BCUT2D eigenvalue weighted by Crippen LogP contribution is -2.03. The van der Waals surface area contributed by atoms with Gasteiger partial charge in [-0.2, -0.15) is 8.78 Å². The van der Waals surface area contributed by atoms with Crippen molar-refractivity contribution in [2.24, 2.45) is 0 Å². The average molecular weight is 334 g/mol. The predicted molar refractivity (Wildman–Crippen MR) is 86.0 cm³/mol. The van der Waals surface area contributed by atoms with Crippen LogP contribution in [0, 0.1) is 0 Å². The molecule has 0 saturated carbocycles. The van der Waals surface area contributed by atoms with E-state index in [9.17, 15) is 13.6 Å². The lowest BCUT2D eigenvalue weighted by atomic mass is 10.1. The van der Waals surface area contributed by atoms with Gasteiger partial charge in [0.15, 0.2) is 17.3 Å². The van der Waals surface area contributed by atoms with Crippen molar-refractivity contribution in [2.45, 2.75) is 6.61 Å². The Labute approximate surface area is 138 Å². The highest BCUT2D eigenvalue weighted by atomic mass is 19.3. The third kappa shape index (κ3) is 4.55. The van der Waals surface area contributed by atoms with E-state index in [1.807, 2.05) is 0 Å². The molecule has 126 valence electrons. The van der Waals surface area contributed by atoms with Crippen molar-refractivity contribution in [2.75, 3.05) is 14.2 Å². The number of methoxy groups -OCH3 is 2. The lowest BCUT2D eigenvalue weighted by molar-refractivity contribution is -0.0512. The first-order valence-electron chi connectivity index (χ1n) is 7.03. The van der Waals surface area contributed by atoms with Gasteiger partial charge >= 0.3 is 6.61 Å². The minimum atomic E-state index is -2.96. The Morgan fingerprint density at radius 2 is 1.71 bits per heavy atom. The molecule has 0 radical (unpaired) electrons. The number of rotatable bonds is 7. The Morgan fingerprint density at radius 3 is 2.29 bits per heavy atom. The molecule has 0 aliphatic heterocycles. The number of ether oxygens (including phenoxy) is 3. The quantitative estimate of drug-likeness (QED) is 0.562. The molecule has 2 rings (SSSR count). The van der Waals surface area contributed by atoms with Crippen LogP contribution in [-0.2, 0) is 0 Å². The molecule has 2 aromatic rings. The number of benzene rings is 2. The van der Waals surface area contributed by atoms with Gasteiger partial charge in [-0.1, -0.05) is 12.1 Å². The summed E-state index contributed by atoms with van der Waals surface area (Å²) in [6.07, 6.45) is 2.88. The lowest BCUT2D eigenvalue weighted by Gasteiger charge is -2.10. The second kappa shape index (κ2) is 8.10. The third-order valence-corrected chi connectivity index (χ3v) is 3.21. The van der Waals surface area contributed by atoms with Crippen LogP contribution in [0.25, 0.3) is 6.08 Å². The molecular weight excluding hydrogens is 318 g/mol. The van der Waals surface area contributed by atoms with Crippen LogP contribution >= 0.6 is 0 Å². The molecule has 6 heteroatoms. The molecule has 24 heavy (non-hydrogen) atoms. The number of halogens is 2. The molecule has 0 fully saturated rings. The predicted octanol–water partition coefficient (Wildman–Crippen LogP) is 4.20. The summed E-state index contributed by atoms with van der Waals surface area (Å²) in [4.78, 5) is 12.1. The van der Waals surface area contributed by atoms with Crippen LogP contribution in [-0.4, -0.2) is 26.6 Å². The summed E-state index contributed by atoms with van der Waals surface area (Å²) < 4.78 is 39.2. The summed E-state index contributed by atoms with van der Waals surface area (Å²) in [5.74, 6) is 0.532.